The van der Waals surface area contributed by atoms with Crippen LogP contribution in [0.4, 0.5) is 11.5 Å². The van der Waals surface area contributed by atoms with Crippen LogP contribution in [0.15, 0.2) is 23.1 Å². The van der Waals surface area contributed by atoms with Crippen LogP contribution in [0.5, 0.6) is 0 Å². The number of nitrogens with zero attached hydrogens (tertiary/aromatic N) is 3. The van der Waals surface area contributed by atoms with Crippen LogP contribution in [0, 0.1) is 5.92 Å². The maximum absolute atomic E-state index is 13.2. The van der Waals surface area contributed by atoms with Gasteiger partial charge in [0.15, 0.2) is 0 Å². The summed E-state index contributed by atoms with van der Waals surface area (Å²) in [4.78, 5) is 19.5. The number of fused-ring (bicyclic) bond motifs is 1. The quantitative estimate of drug-likeness (QED) is 0.771. The van der Waals surface area contributed by atoms with Crippen molar-refractivity contribution in [1.29, 1.82) is 0 Å². The van der Waals surface area contributed by atoms with Gasteiger partial charge in [0.05, 0.1) is 10.7 Å². The minimum absolute atomic E-state index is 0.0763. The van der Waals surface area contributed by atoms with Crippen LogP contribution >= 0.6 is 23.2 Å². The summed E-state index contributed by atoms with van der Waals surface area (Å²) in [5, 5.41) is 1.01. The summed E-state index contributed by atoms with van der Waals surface area (Å²) >= 11 is 12.8. The summed E-state index contributed by atoms with van der Waals surface area (Å²) in [6.45, 7) is 2.82. The van der Waals surface area contributed by atoms with Gasteiger partial charge in [0.25, 0.3) is 5.56 Å². The smallest absolute Gasteiger partial charge is 0.294 e. The molecule has 1 aliphatic heterocycles. The average molecular weight is 376 g/mol. The van der Waals surface area contributed by atoms with Crippen molar-refractivity contribution in [2.45, 2.75) is 38.6 Å². The van der Waals surface area contributed by atoms with Gasteiger partial charge in [0.2, 0.25) is 5.82 Å². The molecule has 25 heavy (non-hydrogen) atoms. The Morgan fingerprint density at radius 2 is 2.12 bits per heavy atom. The molecule has 0 saturated heterocycles. The molecule has 1 atom stereocenters. The number of anilines is 2. The highest BCUT2D eigenvalue weighted by Gasteiger charge is 2.34. The van der Waals surface area contributed by atoms with E-state index in [2.05, 4.69) is 18.0 Å². The van der Waals surface area contributed by atoms with Crippen LogP contribution in [0.2, 0.25) is 10.2 Å². The van der Waals surface area contributed by atoms with E-state index in [4.69, 9.17) is 23.2 Å². The Morgan fingerprint density at radius 3 is 2.80 bits per heavy atom. The van der Waals surface area contributed by atoms with Crippen molar-refractivity contribution in [1.82, 2.24) is 9.55 Å². The van der Waals surface area contributed by atoms with Crippen LogP contribution < -0.4 is 15.9 Å². The lowest BCUT2D eigenvalue weighted by Crippen LogP contribution is -2.32. The highest BCUT2D eigenvalue weighted by atomic mass is 35.5. The monoisotopic (exact) mass is 375 g/mol. The summed E-state index contributed by atoms with van der Waals surface area (Å²) in [5.41, 5.74) is 3.10. The maximum Gasteiger partial charge on any atom is 0.294 e. The van der Waals surface area contributed by atoms with Crippen molar-refractivity contribution in [2.75, 3.05) is 11.4 Å². The number of hydrogen-bond donors (Lipinski definition) is 0. The van der Waals surface area contributed by atoms with Crippen molar-refractivity contribution in [3.05, 3.63) is 44.4 Å². The number of halogens is 2. The van der Waals surface area contributed by atoms with Gasteiger partial charge in [-0.15, -0.1) is 0 Å². The molecule has 130 valence electrons. The number of aromatic nitrogens is 2. The lowest BCUT2D eigenvalue weighted by Gasteiger charge is -2.23. The maximum atomic E-state index is 13.2. The molecular formula is C18H20BCl2N3O. The molecule has 1 aliphatic carbocycles. The van der Waals surface area contributed by atoms with E-state index in [0.29, 0.717) is 28.5 Å². The van der Waals surface area contributed by atoms with Crippen LogP contribution in [0.3, 0.4) is 0 Å². The van der Waals surface area contributed by atoms with Gasteiger partial charge in [-0.05, 0) is 43.2 Å². The van der Waals surface area contributed by atoms with Crippen LogP contribution in [0.25, 0.3) is 0 Å². The zero-order chi connectivity index (χ0) is 17.7. The van der Waals surface area contributed by atoms with Crippen molar-refractivity contribution in [3.8, 4) is 0 Å². The highest BCUT2D eigenvalue weighted by molar-refractivity contribution is 6.38. The molecule has 0 bridgehead atoms. The van der Waals surface area contributed by atoms with E-state index in [1.807, 2.05) is 18.8 Å². The molecule has 1 saturated carbocycles. The molecule has 1 aromatic carbocycles. The standard InChI is InChI=1S/C18H20BCl2N3O/c1-2-14(10-3-4-10)24-9-15(21)22-17(18(24)25)23-6-5-11-7-12(19)8-13(20)16(11)23/h7-10,14H,2-6,19H2,1H3/t14-/m0/s1. The van der Waals surface area contributed by atoms with Gasteiger partial charge in [0, 0.05) is 18.8 Å². The third kappa shape index (κ3) is 2.98. The largest absolute Gasteiger partial charge is 0.320 e. The number of hydrogen-bond acceptors (Lipinski definition) is 3. The second kappa shape index (κ2) is 6.37. The lowest BCUT2D eigenvalue weighted by atomic mass is 9.93. The topological polar surface area (TPSA) is 38.1 Å². The second-order valence-electron chi connectivity index (χ2n) is 7.07. The first-order valence-electron chi connectivity index (χ1n) is 8.84. The first-order valence-corrected chi connectivity index (χ1v) is 9.60. The van der Waals surface area contributed by atoms with Crippen molar-refractivity contribution < 1.29 is 0 Å². The van der Waals surface area contributed by atoms with Gasteiger partial charge in [-0.25, -0.2) is 4.98 Å². The van der Waals surface area contributed by atoms with Crippen molar-refractivity contribution >= 4 is 48.0 Å². The van der Waals surface area contributed by atoms with E-state index < -0.39 is 0 Å². The third-order valence-electron chi connectivity index (χ3n) is 5.24. The second-order valence-corrected chi connectivity index (χ2v) is 7.86. The predicted molar refractivity (Wildman–Crippen MR) is 106 cm³/mol. The van der Waals surface area contributed by atoms with E-state index in [9.17, 15) is 4.79 Å². The van der Waals surface area contributed by atoms with E-state index in [0.717, 1.165) is 29.6 Å². The Hall–Kier alpha value is -1.46. The van der Waals surface area contributed by atoms with Crippen molar-refractivity contribution in [3.63, 3.8) is 0 Å². The summed E-state index contributed by atoms with van der Waals surface area (Å²) in [6, 6.07) is 4.26. The summed E-state index contributed by atoms with van der Waals surface area (Å²) in [5.74, 6) is 0.960. The lowest BCUT2D eigenvalue weighted by molar-refractivity contribution is 0.419. The Balaban J connectivity index is 1.83. The van der Waals surface area contributed by atoms with E-state index >= 15 is 0 Å². The fourth-order valence-corrected chi connectivity index (χ4v) is 4.56. The zero-order valence-electron chi connectivity index (χ0n) is 14.4. The first kappa shape index (κ1) is 17.0. The van der Waals surface area contributed by atoms with Gasteiger partial charge in [-0.1, -0.05) is 41.7 Å². The first-order chi connectivity index (χ1) is 12.0. The van der Waals surface area contributed by atoms with Gasteiger partial charge in [0.1, 0.15) is 13.0 Å². The highest BCUT2D eigenvalue weighted by Crippen LogP contribution is 2.42. The van der Waals surface area contributed by atoms with Crippen LogP contribution in [0.1, 0.15) is 37.8 Å². The third-order valence-corrected chi connectivity index (χ3v) is 5.71. The molecule has 0 N–H and O–H groups in total. The summed E-state index contributed by atoms with van der Waals surface area (Å²) in [7, 11) is 2.03. The molecule has 2 aromatic rings. The van der Waals surface area contributed by atoms with Crippen LogP contribution in [-0.4, -0.2) is 23.9 Å². The molecule has 7 heteroatoms. The fraction of sp³-hybridized carbons (Fsp3) is 0.444. The SMILES string of the molecule is Bc1cc(Cl)c2c(c1)CCN2c1nc(Cl)cn([C@@H](CC)C2CC2)c1=O. The number of rotatable bonds is 4. The minimum atomic E-state index is -0.0763. The van der Waals surface area contributed by atoms with E-state index in [-0.39, 0.29) is 11.6 Å². The minimum Gasteiger partial charge on any atom is -0.320 e. The summed E-state index contributed by atoms with van der Waals surface area (Å²) < 4.78 is 1.79. The average Bonchev–Trinajstić information content (AvgIpc) is 3.30. The fourth-order valence-electron chi connectivity index (χ4n) is 3.98. The Bertz CT molecular complexity index is 895. The number of benzene rings is 1. The molecular weight excluding hydrogens is 356 g/mol. The molecule has 0 amide bonds. The predicted octanol–water partition coefficient (Wildman–Crippen LogP) is 2.86. The van der Waals surface area contributed by atoms with Gasteiger partial charge < -0.3 is 9.47 Å². The molecule has 0 unspecified atom stereocenters. The zero-order valence-corrected chi connectivity index (χ0v) is 15.9. The molecule has 1 aromatic heterocycles. The Morgan fingerprint density at radius 1 is 1.36 bits per heavy atom. The van der Waals surface area contributed by atoms with Gasteiger partial charge in [-0.3, -0.25) is 4.79 Å². The molecule has 2 heterocycles. The Kier molecular flexibility index (Phi) is 4.32. The summed E-state index contributed by atoms with van der Waals surface area (Å²) in [6.07, 6.45) is 5.81. The van der Waals surface area contributed by atoms with Crippen LogP contribution in [-0.2, 0) is 6.42 Å². The molecule has 0 radical (unpaired) electrons. The molecule has 0 spiro atoms. The van der Waals surface area contributed by atoms with Crippen molar-refractivity contribution in [2.24, 2.45) is 5.92 Å². The van der Waals surface area contributed by atoms with Gasteiger partial charge in [-0.2, -0.15) is 0 Å². The molecule has 4 rings (SSSR count). The Labute approximate surface area is 158 Å². The molecule has 4 nitrogen and oxygen atoms in total. The van der Waals surface area contributed by atoms with E-state index in [1.165, 1.54) is 12.8 Å². The molecule has 1 fully saturated rings. The molecule has 2 aliphatic rings. The van der Waals surface area contributed by atoms with Gasteiger partial charge >= 0.3 is 0 Å². The van der Waals surface area contributed by atoms with E-state index in [1.54, 1.807) is 10.8 Å². The normalized spacial score (nSPS) is 17.6.